The monoisotopic (exact) mass is 352 g/mol. The van der Waals surface area contributed by atoms with Gasteiger partial charge in [0.2, 0.25) is 5.91 Å². The maximum atomic E-state index is 12.6. The van der Waals surface area contributed by atoms with E-state index in [4.69, 9.17) is 4.74 Å². The second kappa shape index (κ2) is 6.92. The van der Waals surface area contributed by atoms with E-state index in [0.29, 0.717) is 12.3 Å². The third kappa shape index (κ3) is 3.26. The van der Waals surface area contributed by atoms with E-state index in [1.807, 2.05) is 26.0 Å². The van der Waals surface area contributed by atoms with Crippen molar-refractivity contribution in [2.24, 2.45) is 0 Å². The van der Waals surface area contributed by atoms with Gasteiger partial charge in [0, 0.05) is 11.3 Å². The van der Waals surface area contributed by atoms with Gasteiger partial charge in [-0.2, -0.15) is 0 Å². The van der Waals surface area contributed by atoms with Crippen LogP contribution in [-0.2, 0) is 4.79 Å². The summed E-state index contributed by atoms with van der Waals surface area (Å²) in [5.74, 6) is -0.215. The normalized spacial score (nSPS) is 14.9. The molecule has 6 nitrogen and oxygen atoms in total. The minimum atomic E-state index is -0.447. The quantitative estimate of drug-likeness (QED) is 0.583. The van der Waals surface area contributed by atoms with Crippen molar-refractivity contribution in [2.75, 3.05) is 11.9 Å². The molecule has 1 heterocycles. The maximum absolute atomic E-state index is 12.6. The number of nitrogens with one attached hydrogen (secondary N) is 2. The molecule has 0 bridgehead atoms. The van der Waals surface area contributed by atoms with Gasteiger partial charge < -0.3 is 20.5 Å². The van der Waals surface area contributed by atoms with Gasteiger partial charge >= 0.3 is 0 Å². The van der Waals surface area contributed by atoms with Gasteiger partial charge in [0.25, 0.3) is 5.91 Å². The highest BCUT2D eigenvalue weighted by atomic mass is 16.5. The second-order valence-corrected chi connectivity index (χ2v) is 6.19. The van der Waals surface area contributed by atoms with E-state index in [1.54, 1.807) is 0 Å². The molecular weight excluding hydrogens is 332 g/mol. The van der Waals surface area contributed by atoms with Crippen molar-refractivity contribution in [3.8, 4) is 11.5 Å². The van der Waals surface area contributed by atoms with E-state index >= 15 is 0 Å². The van der Waals surface area contributed by atoms with Gasteiger partial charge in [-0.3, -0.25) is 9.59 Å². The van der Waals surface area contributed by atoms with Crippen LogP contribution in [-0.4, -0.2) is 23.5 Å². The summed E-state index contributed by atoms with van der Waals surface area (Å²) in [6.07, 6.45) is 1.13. The lowest BCUT2D eigenvalue weighted by Gasteiger charge is -2.14. The van der Waals surface area contributed by atoms with Gasteiger partial charge in [-0.15, -0.1) is 0 Å². The Morgan fingerprint density at radius 3 is 2.77 bits per heavy atom. The molecule has 3 N–H and O–H groups in total. The summed E-state index contributed by atoms with van der Waals surface area (Å²) in [4.78, 5) is 24.0. The largest absolute Gasteiger partial charge is 0.507 e. The van der Waals surface area contributed by atoms with Crippen LogP contribution in [0, 0.1) is 13.8 Å². The Kier molecular flexibility index (Phi) is 4.67. The minimum absolute atomic E-state index is 0.0733. The number of aromatic hydroxyl groups is 1. The van der Waals surface area contributed by atoms with Gasteiger partial charge in [0.15, 0.2) is 0 Å². The molecule has 0 saturated carbocycles. The fourth-order valence-electron chi connectivity index (χ4n) is 2.88. The third-order valence-electron chi connectivity index (χ3n) is 4.48. The van der Waals surface area contributed by atoms with E-state index in [0.717, 1.165) is 28.5 Å². The highest BCUT2D eigenvalue weighted by molar-refractivity contribution is 6.02. The van der Waals surface area contributed by atoms with Crippen LogP contribution in [0.4, 0.5) is 5.69 Å². The van der Waals surface area contributed by atoms with Crippen LogP contribution in [0.25, 0.3) is 0 Å². The third-order valence-corrected chi connectivity index (χ3v) is 4.48. The number of hydrogen-bond acceptors (Lipinski definition) is 4. The number of rotatable bonds is 4. The number of fused-ring (bicyclic) bond motifs is 1. The van der Waals surface area contributed by atoms with Crippen molar-refractivity contribution >= 4 is 17.5 Å². The predicted octanol–water partition coefficient (Wildman–Crippen LogP) is 3.00. The van der Waals surface area contributed by atoms with Crippen LogP contribution in [0.2, 0.25) is 0 Å². The van der Waals surface area contributed by atoms with E-state index in [2.05, 4.69) is 17.2 Å². The van der Waals surface area contributed by atoms with Crippen molar-refractivity contribution in [1.82, 2.24) is 5.32 Å². The number of aryl methyl sites for hydroxylation is 1. The molecule has 26 heavy (non-hydrogen) atoms. The Balaban J connectivity index is 1.82. The molecular formula is C20H20N2O4. The molecule has 3 rings (SSSR count). The molecule has 0 aliphatic carbocycles. The number of ether oxygens (including phenoxy) is 1. The molecule has 2 aromatic rings. The molecule has 0 fully saturated rings. The van der Waals surface area contributed by atoms with Gasteiger partial charge in [-0.05, 0) is 49.2 Å². The zero-order valence-electron chi connectivity index (χ0n) is 14.6. The van der Waals surface area contributed by atoms with Crippen LogP contribution < -0.4 is 15.4 Å². The van der Waals surface area contributed by atoms with E-state index < -0.39 is 11.8 Å². The highest BCUT2D eigenvalue weighted by Crippen LogP contribution is 2.37. The van der Waals surface area contributed by atoms with Crippen LogP contribution in [0.3, 0.4) is 0 Å². The molecule has 2 amide bonds. The molecule has 0 saturated heterocycles. The summed E-state index contributed by atoms with van der Waals surface area (Å²) < 4.78 is 5.74. The minimum Gasteiger partial charge on any atom is -0.507 e. The first-order valence-corrected chi connectivity index (χ1v) is 8.21. The Bertz CT molecular complexity index is 905. The smallest absolute Gasteiger partial charge is 0.255 e. The van der Waals surface area contributed by atoms with Gasteiger partial charge in [-0.25, -0.2) is 0 Å². The molecule has 1 atom stereocenters. The van der Waals surface area contributed by atoms with Gasteiger partial charge in [0.05, 0.1) is 11.6 Å². The first-order chi connectivity index (χ1) is 12.4. The number of carbonyl (C=O) groups excluding carboxylic acids is 2. The highest BCUT2D eigenvalue weighted by Gasteiger charge is 2.28. The molecule has 0 aromatic heterocycles. The zero-order chi connectivity index (χ0) is 18.8. The molecule has 6 heteroatoms. The van der Waals surface area contributed by atoms with E-state index in [-0.39, 0.29) is 17.4 Å². The molecule has 0 spiro atoms. The SMILES string of the molecule is C=CC(=O)Nc1ccc(O)c(C(=O)NC2COc3c2ccc(C)c3C)c1. The Labute approximate surface area is 151 Å². The average Bonchev–Trinajstić information content (AvgIpc) is 3.03. The maximum Gasteiger partial charge on any atom is 0.255 e. The Morgan fingerprint density at radius 2 is 2.04 bits per heavy atom. The number of carbonyl (C=O) groups is 2. The van der Waals surface area contributed by atoms with Crippen molar-refractivity contribution in [3.63, 3.8) is 0 Å². The van der Waals surface area contributed by atoms with E-state index in [9.17, 15) is 14.7 Å². The first kappa shape index (κ1) is 17.5. The number of hydrogen-bond donors (Lipinski definition) is 3. The summed E-state index contributed by atoms with van der Waals surface area (Å²) in [5, 5.41) is 15.5. The molecule has 134 valence electrons. The number of phenolic OH excluding ortho intramolecular Hbond substituents is 1. The van der Waals surface area contributed by atoms with Crippen molar-refractivity contribution < 1.29 is 19.4 Å². The number of phenols is 1. The summed E-state index contributed by atoms with van der Waals surface area (Å²) >= 11 is 0. The lowest BCUT2D eigenvalue weighted by molar-refractivity contribution is -0.111. The van der Waals surface area contributed by atoms with Crippen LogP contribution in [0.15, 0.2) is 43.0 Å². The van der Waals surface area contributed by atoms with E-state index in [1.165, 1.54) is 18.2 Å². The topological polar surface area (TPSA) is 87.7 Å². The number of anilines is 1. The molecule has 0 radical (unpaired) electrons. The van der Waals surface area contributed by atoms with Crippen LogP contribution in [0.1, 0.15) is 33.1 Å². The average molecular weight is 352 g/mol. The molecule has 1 aliphatic heterocycles. The summed E-state index contributed by atoms with van der Waals surface area (Å²) in [7, 11) is 0. The fourth-order valence-corrected chi connectivity index (χ4v) is 2.88. The molecule has 2 aromatic carbocycles. The molecule has 1 unspecified atom stereocenters. The Hall–Kier alpha value is -3.28. The van der Waals surface area contributed by atoms with Crippen molar-refractivity contribution in [2.45, 2.75) is 19.9 Å². The number of amides is 2. The Morgan fingerprint density at radius 1 is 1.27 bits per heavy atom. The summed E-state index contributed by atoms with van der Waals surface area (Å²) in [6, 6.07) is 7.92. The van der Waals surface area contributed by atoms with Gasteiger partial charge in [0.1, 0.15) is 18.1 Å². The van der Waals surface area contributed by atoms with Crippen LogP contribution in [0.5, 0.6) is 11.5 Å². The lowest BCUT2D eigenvalue weighted by atomic mass is 10.0. The first-order valence-electron chi connectivity index (χ1n) is 8.21. The summed E-state index contributed by atoms with van der Waals surface area (Å²) in [6.45, 7) is 7.70. The van der Waals surface area contributed by atoms with Crippen molar-refractivity contribution in [1.29, 1.82) is 0 Å². The van der Waals surface area contributed by atoms with Gasteiger partial charge in [-0.1, -0.05) is 18.7 Å². The second-order valence-electron chi connectivity index (χ2n) is 6.19. The summed E-state index contributed by atoms with van der Waals surface area (Å²) in [5.41, 5.74) is 3.56. The molecule has 1 aliphatic rings. The standard InChI is InChI=1S/C20H20N2O4/c1-4-18(24)21-13-6-8-17(23)15(9-13)20(25)22-16-10-26-19-12(3)11(2)5-7-14(16)19/h4-9,16,23H,1,10H2,2-3H3,(H,21,24)(H,22,25). The number of benzene rings is 2. The van der Waals surface area contributed by atoms with Crippen molar-refractivity contribution in [3.05, 3.63) is 65.2 Å². The van der Waals surface area contributed by atoms with Crippen LogP contribution >= 0.6 is 0 Å². The zero-order valence-corrected chi connectivity index (χ0v) is 14.6. The predicted molar refractivity (Wildman–Crippen MR) is 98.6 cm³/mol. The lowest BCUT2D eigenvalue weighted by Crippen LogP contribution is -2.29. The fraction of sp³-hybridized carbons (Fsp3) is 0.200.